The molecule has 0 radical (unpaired) electrons. The lowest BCUT2D eigenvalue weighted by atomic mass is 9.93. The summed E-state index contributed by atoms with van der Waals surface area (Å²) in [6.07, 6.45) is 1.58. The molecule has 0 spiro atoms. The van der Waals surface area contributed by atoms with E-state index < -0.39 is 29.6 Å². The highest BCUT2D eigenvalue weighted by molar-refractivity contribution is 5.94. The lowest BCUT2D eigenvalue weighted by Gasteiger charge is -2.28. The van der Waals surface area contributed by atoms with Gasteiger partial charge in [-0.2, -0.15) is 18.3 Å². The molecule has 2 N–H and O–H groups in total. The zero-order valence-corrected chi connectivity index (χ0v) is 22.9. The summed E-state index contributed by atoms with van der Waals surface area (Å²) in [5, 5.41) is 10.3. The van der Waals surface area contributed by atoms with Gasteiger partial charge in [0.25, 0.3) is 11.8 Å². The number of alkyl halides is 5. The average molecular weight is 582 g/mol. The summed E-state index contributed by atoms with van der Waals surface area (Å²) in [6, 6.07) is 5.94. The van der Waals surface area contributed by atoms with Crippen molar-refractivity contribution in [3.05, 3.63) is 41.6 Å². The number of aromatic nitrogens is 2. The Labute approximate surface area is 235 Å². The van der Waals surface area contributed by atoms with Crippen molar-refractivity contribution in [1.82, 2.24) is 25.3 Å². The molecule has 3 aliphatic rings. The topological polar surface area (TPSA) is 79.3 Å². The zero-order chi connectivity index (χ0) is 29.2. The summed E-state index contributed by atoms with van der Waals surface area (Å²) >= 11 is 0. The van der Waals surface area contributed by atoms with Crippen molar-refractivity contribution in [3.63, 3.8) is 0 Å². The second-order valence-corrected chi connectivity index (χ2v) is 11.6. The molecular weight excluding hydrogens is 545 g/mol. The van der Waals surface area contributed by atoms with Crippen molar-refractivity contribution in [3.8, 4) is 11.3 Å². The molecule has 3 fully saturated rings. The first-order chi connectivity index (χ1) is 19.5. The first-order valence-electron chi connectivity index (χ1n) is 14.4. The van der Waals surface area contributed by atoms with Crippen molar-refractivity contribution in [2.75, 3.05) is 19.6 Å². The van der Waals surface area contributed by atoms with Gasteiger partial charge in [0.2, 0.25) is 5.91 Å². The molecule has 1 unspecified atom stereocenters. The number of likely N-dealkylation sites (tertiary alicyclic amines) is 1. The minimum absolute atomic E-state index is 0.0282. The van der Waals surface area contributed by atoms with E-state index in [2.05, 4.69) is 15.7 Å². The second kappa shape index (κ2) is 12.1. The molecular formula is C29H36F5N5O2. The van der Waals surface area contributed by atoms with Crippen LogP contribution in [0.3, 0.4) is 0 Å². The van der Waals surface area contributed by atoms with E-state index in [9.17, 15) is 31.5 Å². The van der Waals surface area contributed by atoms with Crippen LogP contribution in [0.25, 0.3) is 11.3 Å². The lowest BCUT2D eigenvalue weighted by molar-refractivity contribution is -0.137. The monoisotopic (exact) mass is 581 g/mol. The van der Waals surface area contributed by atoms with Crippen molar-refractivity contribution in [2.24, 2.45) is 0 Å². The van der Waals surface area contributed by atoms with Crippen molar-refractivity contribution < 1.29 is 31.5 Å². The van der Waals surface area contributed by atoms with Crippen LogP contribution < -0.4 is 10.6 Å². The Morgan fingerprint density at radius 2 is 1.80 bits per heavy atom. The van der Waals surface area contributed by atoms with E-state index in [1.54, 1.807) is 4.90 Å². The molecule has 5 rings (SSSR count). The Bertz CT molecular complexity index is 1240. The summed E-state index contributed by atoms with van der Waals surface area (Å²) in [7, 11) is 0. The number of carbonyl (C=O) groups excluding carboxylic acids is 2. The Morgan fingerprint density at radius 3 is 2.44 bits per heavy atom. The maximum atomic E-state index is 13.9. The van der Waals surface area contributed by atoms with E-state index in [4.69, 9.17) is 0 Å². The number of halogens is 5. The van der Waals surface area contributed by atoms with Crippen LogP contribution in [0.15, 0.2) is 30.3 Å². The van der Waals surface area contributed by atoms with Gasteiger partial charge in [-0.05, 0) is 50.7 Å². The van der Waals surface area contributed by atoms with E-state index in [0.29, 0.717) is 0 Å². The fourth-order valence-corrected chi connectivity index (χ4v) is 5.97. The van der Waals surface area contributed by atoms with Gasteiger partial charge in [0, 0.05) is 43.6 Å². The summed E-state index contributed by atoms with van der Waals surface area (Å²) in [6.45, 7) is 0.142. The highest BCUT2D eigenvalue weighted by Crippen LogP contribution is 2.40. The van der Waals surface area contributed by atoms with E-state index in [1.165, 1.54) is 28.9 Å². The van der Waals surface area contributed by atoms with Crippen LogP contribution in [0.4, 0.5) is 22.0 Å². The van der Waals surface area contributed by atoms with E-state index in [0.717, 1.165) is 51.0 Å². The third-order valence-corrected chi connectivity index (χ3v) is 8.43. The number of nitrogens with zero attached hydrogens (tertiary/aromatic N) is 3. The van der Waals surface area contributed by atoms with Gasteiger partial charge < -0.3 is 10.6 Å². The van der Waals surface area contributed by atoms with Crippen LogP contribution in [0.2, 0.25) is 0 Å². The number of hydrogen-bond donors (Lipinski definition) is 2. The molecule has 12 heteroatoms. The number of nitrogens with one attached hydrogen (secondary N) is 2. The van der Waals surface area contributed by atoms with Crippen LogP contribution in [-0.2, 0) is 11.0 Å². The molecule has 224 valence electrons. The molecule has 2 amide bonds. The van der Waals surface area contributed by atoms with Crippen LogP contribution in [0.1, 0.15) is 86.3 Å². The van der Waals surface area contributed by atoms with Crippen LogP contribution in [0.5, 0.6) is 0 Å². The molecule has 1 aliphatic heterocycles. The summed E-state index contributed by atoms with van der Waals surface area (Å²) in [4.78, 5) is 27.8. The maximum Gasteiger partial charge on any atom is 0.417 e. The van der Waals surface area contributed by atoms with Gasteiger partial charge in [-0.3, -0.25) is 19.2 Å². The minimum Gasteiger partial charge on any atom is -0.353 e. The number of rotatable bonds is 10. The zero-order valence-electron chi connectivity index (χ0n) is 22.9. The van der Waals surface area contributed by atoms with Gasteiger partial charge in [0.15, 0.2) is 5.69 Å². The second-order valence-electron chi connectivity index (χ2n) is 11.6. The predicted molar refractivity (Wildman–Crippen MR) is 142 cm³/mol. The van der Waals surface area contributed by atoms with E-state index in [1.807, 2.05) is 0 Å². The molecule has 1 aromatic heterocycles. The number of hydrogen-bond acceptors (Lipinski definition) is 4. The van der Waals surface area contributed by atoms with Crippen molar-refractivity contribution >= 4 is 11.8 Å². The maximum absolute atomic E-state index is 13.9. The van der Waals surface area contributed by atoms with Crippen LogP contribution >= 0.6 is 0 Å². The smallest absolute Gasteiger partial charge is 0.353 e. The first-order valence-corrected chi connectivity index (χ1v) is 14.4. The Kier molecular flexibility index (Phi) is 8.68. The molecule has 2 saturated carbocycles. The number of benzene rings is 1. The quantitative estimate of drug-likeness (QED) is 0.360. The van der Waals surface area contributed by atoms with E-state index >= 15 is 0 Å². The Morgan fingerprint density at radius 1 is 1.07 bits per heavy atom. The standard InChI is InChI=1S/C29H36F5N5O2/c30-28(31)13-15-38(18-28)14-12-20(16-26(40)35-19-6-5-7-19)36-27(41)24-17-25(39(37-24)21-8-1-2-9-21)22-10-3-4-11-23(22)29(32,33)34/h3-4,10-11,17,19-21H,1-2,5-9,12-16,18H2,(H,35,40)(H,36,41). The Balaban J connectivity index is 1.37. The fourth-order valence-electron chi connectivity index (χ4n) is 5.97. The van der Waals surface area contributed by atoms with Crippen LogP contribution in [-0.4, -0.2) is 64.1 Å². The van der Waals surface area contributed by atoms with Gasteiger partial charge >= 0.3 is 6.18 Å². The number of amides is 2. The normalized spacial score (nSPS) is 20.6. The third-order valence-electron chi connectivity index (χ3n) is 8.43. The summed E-state index contributed by atoms with van der Waals surface area (Å²) in [5.74, 6) is -3.60. The molecule has 1 saturated heterocycles. The fraction of sp³-hybridized carbons (Fsp3) is 0.621. The Hall–Kier alpha value is -3.02. The van der Waals surface area contributed by atoms with E-state index in [-0.39, 0.29) is 73.8 Å². The molecule has 2 aromatic rings. The van der Waals surface area contributed by atoms with Gasteiger partial charge in [-0.1, -0.05) is 31.0 Å². The van der Waals surface area contributed by atoms with Crippen molar-refractivity contribution in [2.45, 2.75) is 94.4 Å². The molecule has 0 bridgehead atoms. The van der Waals surface area contributed by atoms with Crippen LogP contribution in [0, 0.1) is 0 Å². The average Bonchev–Trinajstić information content (AvgIpc) is 3.64. The van der Waals surface area contributed by atoms with Crippen molar-refractivity contribution in [1.29, 1.82) is 0 Å². The van der Waals surface area contributed by atoms with Gasteiger partial charge in [-0.25, -0.2) is 8.78 Å². The number of carbonyl (C=O) groups is 2. The lowest BCUT2D eigenvalue weighted by Crippen LogP contribution is -2.45. The SMILES string of the molecule is O=C(CC(CCN1CCC(F)(F)C1)NC(=O)c1cc(-c2ccccc2C(F)(F)F)n(C2CCCC2)n1)NC1CCC1. The van der Waals surface area contributed by atoms with Gasteiger partial charge in [0.1, 0.15) is 0 Å². The van der Waals surface area contributed by atoms with Gasteiger partial charge in [-0.15, -0.1) is 0 Å². The minimum atomic E-state index is -4.59. The van der Waals surface area contributed by atoms with Gasteiger partial charge in [0.05, 0.1) is 23.8 Å². The third kappa shape index (κ3) is 7.25. The summed E-state index contributed by atoms with van der Waals surface area (Å²) < 4.78 is 70.6. The summed E-state index contributed by atoms with van der Waals surface area (Å²) in [5.41, 5.74) is -0.682. The molecule has 2 heterocycles. The molecule has 41 heavy (non-hydrogen) atoms. The molecule has 1 atom stereocenters. The molecule has 7 nitrogen and oxygen atoms in total. The highest BCUT2D eigenvalue weighted by Gasteiger charge is 2.38. The molecule has 2 aliphatic carbocycles. The molecule has 1 aromatic carbocycles. The largest absolute Gasteiger partial charge is 0.417 e. The first kappa shape index (κ1) is 29.5. The predicted octanol–water partition coefficient (Wildman–Crippen LogP) is 5.57. The highest BCUT2D eigenvalue weighted by atomic mass is 19.4.